The lowest BCUT2D eigenvalue weighted by Gasteiger charge is -2.15. The van der Waals surface area contributed by atoms with Crippen molar-refractivity contribution in [1.29, 1.82) is 0 Å². The monoisotopic (exact) mass is 298 g/mol. The molecule has 2 aromatic rings. The Morgan fingerprint density at radius 3 is 2.09 bits per heavy atom. The molecular weight excluding hydrogens is 280 g/mol. The average Bonchev–Trinajstić information content (AvgIpc) is 2.53. The molecule has 0 spiro atoms. The third-order valence-electron chi connectivity index (χ3n) is 3.54. The van der Waals surface area contributed by atoms with Crippen LogP contribution in [0.4, 0.5) is 0 Å². The van der Waals surface area contributed by atoms with E-state index < -0.39 is 5.78 Å². The van der Waals surface area contributed by atoms with Crippen molar-refractivity contribution in [1.82, 2.24) is 0 Å². The van der Waals surface area contributed by atoms with E-state index in [0.29, 0.717) is 16.9 Å². The second kappa shape index (κ2) is 6.35. The molecule has 2 rings (SSSR count). The minimum atomic E-state index is -0.465. The zero-order valence-electron chi connectivity index (χ0n) is 12.8. The lowest BCUT2D eigenvalue weighted by atomic mass is 9.98. The Hall–Kier alpha value is -2.75. The van der Waals surface area contributed by atoms with Gasteiger partial charge in [-0.05, 0) is 25.5 Å². The molecule has 4 nitrogen and oxygen atoms in total. The number of benzene rings is 2. The Labute approximate surface area is 129 Å². The molecule has 0 saturated carbocycles. The van der Waals surface area contributed by atoms with Gasteiger partial charge in [0.15, 0.2) is 5.78 Å². The quantitative estimate of drug-likeness (QED) is 0.668. The van der Waals surface area contributed by atoms with Gasteiger partial charge < -0.3 is 14.9 Å². The minimum absolute atomic E-state index is 0.108. The second-order valence-corrected chi connectivity index (χ2v) is 4.96. The number of phenols is 2. The van der Waals surface area contributed by atoms with E-state index in [9.17, 15) is 15.0 Å². The lowest BCUT2D eigenvalue weighted by Crippen LogP contribution is -2.02. The summed E-state index contributed by atoms with van der Waals surface area (Å²) in [7, 11) is 1.45. The number of rotatable bonds is 4. The van der Waals surface area contributed by atoms with E-state index in [-0.39, 0.29) is 17.1 Å². The number of phenolic OH excluding ortho intramolecular Hbond substituents is 2. The number of hydrogen-bond acceptors (Lipinski definition) is 4. The summed E-state index contributed by atoms with van der Waals surface area (Å²) < 4.78 is 5.15. The number of ether oxygens (including phenoxy) is 1. The summed E-state index contributed by atoms with van der Waals surface area (Å²) in [5, 5.41) is 20.4. The molecular formula is C18H18O4. The van der Waals surface area contributed by atoms with Gasteiger partial charge >= 0.3 is 0 Å². The molecule has 0 heterocycles. The number of carbonyl (C=O) groups is 1. The van der Waals surface area contributed by atoms with Gasteiger partial charge in [-0.2, -0.15) is 0 Å². The van der Waals surface area contributed by atoms with Crippen LogP contribution in [0.25, 0.3) is 6.08 Å². The number of ketones is 1. The molecule has 0 bridgehead atoms. The predicted octanol–water partition coefficient (Wildman–Crippen LogP) is 3.62. The highest BCUT2D eigenvalue weighted by Gasteiger charge is 2.23. The summed E-state index contributed by atoms with van der Waals surface area (Å²) in [4.78, 5) is 12.3. The third-order valence-corrected chi connectivity index (χ3v) is 3.54. The molecule has 0 unspecified atom stereocenters. The third kappa shape index (κ3) is 2.81. The number of methoxy groups -OCH3 is 1. The zero-order chi connectivity index (χ0) is 16.3. The fourth-order valence-electron chi connectivity index (χ4n) is 2.34. The molecule has 2 N–H and O–H groups in total. The first-order valence-electron chi connectivity index (χ1n) is 6.84. The van der Waals surface area contributed by atoms with Gasteiger partial charge in [-0.15, -0.1) is 0 Å². The van der Waals surface area contributed by atoms with Crippen LogP contribution in [0.3, 0.4) is 0 Å². The van der Waals surface area contributed by atoms with Crippen LogP contribution in [0.15, 0.2) is 36.4 Å². The molecule has 4 heteroatoms. The maximum absolute atomic E-state index is 12.3. The molecule has 0 saturated heterocycles. The summed E-state index contributed by atoms with van der Waals surface area (Å²) in [5.41, 5.74) is 1.60. The molecule has 22 heavy (non-hydrogen) atoms. The molecule has 0 amide bonds. The lowest BCUT2D eigenvalue weighted by molar-refractivity contribution is 0.104. The fraction of sp³-hybridized carbons (Fsp3) is 0.167. The van der Waals surface area contributed by atoms with Gasteiger partial charge in [0.2, 0.25) is 0 Å². The van der Waals surface area contributed by atoms with E-state index in [1.54, 1.807) is 19.9 Å². The van der Waals surface area contributed by atoms with E-state index in [2.05, 4.69) is 0 Å². The smallest absolute Gasteiger partial charge is 0.193 e. The Balaban J connectivity index is 2.45. The van der Waals surface area contributed by atoms with Crippen LogP contribution in [0, 0.1) is 13.8 Å². The van der Waals surface area contributed by atoms with Crippen molar-refractivity contribution in [3.05, 3.63) is 58.7 Å². The second-order valence-electron chi connectivity index (χ2n) is 4.96. The molecule has 0 aromatic heterocycles. The first-order chi connectivity index (χ1) is 10.5. The molecule has 0 aliphatic rings. The summed E-state index contributed by atoms with van der Waals surface area (Å²) >= 11 is 0. The van der Waals surface area contributed by atoms with Gasteiger partial charge in [-0.3, -0.25) is 4.79 Å². The van der Waals surface area contributed by atoms with Crippen molar-refractivity contribution in [2.24, 2.45) is 0 Å². The molecule has 0 aliphatic carbocycles. The van der Waals surface area contributed by atoms with Gasteiger partial charge in [0, 0.05) is 11.1 Å². The highest BCUT2D eigenvalue weighted by Crippen LogP contribution is 2.41. The van der Waals surface area contributed by atoms with Crippen molar-refractivity contribution in [3.8, 4) is 17.2 Å². The molecule has 114 valence electrons. The van der Waals surface area contributed by atoms with E-state index in [0.717, 1.165) is 5.56 Å². The van der Waals surface area contributed by atoms with Crippen molar-refractivity contribution in [2.45, 2.75) is 13.8 Å². The van der Waals surface area contributed by atoms with Crippen molar-refractivity contribution in [3.63, 3.8) is 0 Å². The van der Waals surface area contributed by atoms with Gasteiger partial charge in [-0.25, -0.2) is 0 Å². The molecule has 0 fully saturated rings. The fourth-order valence-corrected chi connectivity index (χ4v) is 2.34. The summed E-state index contributed by atoms with van der Waals surface area (Å²) in [6.45, 7) is 3.27. The molecule has 2 aromatic carbocycles. The number of allylic oxidation sites excluding steroid dienone is 1. The Kier molecular flexibility index (Phi) is 4.51. The SMILES string of the molecule is COc1c(C)c(O)c(C(=O)/C=C/c2ccccc2)c(O)c1C. The van der Waals surface area contributed by atoms with E-state index in [4.69, 9.17) is 4.74 Å². The van der Waals surface area contributed by atoms with Gasteiger partial charge in [0.1, 0.15) is 22.8 Å². The Bertz CT molecular complexity index is 701. The maximum Gasteiger partial charge on any atom is 0.193 e. The zero-order valence-corrected chi connectivity index (χ0v) is 12.8. The molecule has 0 atom stereocenters. The number of hydrogen-bond donors (Lipinski definition) is 2. The topological polar surface area (TPSA) is 66.8 Å². The first kappa shape index (κ1) is 15.6. The molecule has 0 aliphatic heterocycles. The summed E-state index contributed by atoms with van der Waals surface area (Å²) in [5.74, 6) is -0.614. The van der Waals surface area contributed by atoms with Crippen LogP contribution in [0.2, 0.25) is 0 Å². The highest BCUT2D eigenvalue weighted by atomic mass is 16.5. The maximum atomic E-state index is 12.3. The van der Waals surface area contributed by atoms with E-state index in [1.165, 1.54) is 13.2 Å². The molecule has 0 radical (unpaired) electrons. The highest BCUT2D eigenvalue weighted by molar-refractivity contribution is 6.11. The standard InChI is InChI=1S/C18H18O4/c1-11-16(20)15(17(21)12(2)18(11)22-3)14(19)10-9-13-7-5-4-6-8-13/h4-10,20-21H,1-3H3/b10-9+. The van der Waals surface area contributed by atoms with E-state index in [1.807, 2.05) is 30.3 Å². The average molecular weight is 298 g/mol. The predicted molar refractivity (Wildman–Crippen MR) is 85.6 cm³/mol. The van der Waals surface area contributed by atoms with Crippen molar-refractivity contribution in [2.75, 3.05) is 7.11 Å². The first-order valence-corrected chi connectivity index (χ1v) is 6.84. The largest absolute Gasteiger partial charge is 0.507 e. The van der Waals surface area contributed by atoms with Crippen molar-refractivity contribution >= 4 is 11.9 Å². The minimum Gasteiger partial charge on any atom is -0.507 e. The van der Waals surface area contributed by atoms with E-state index >= 15 is 0 Å². The van der Waals surface area contributed by atoms with Gasteiger partial charge in [0.05, 0.1) is 7.11 Å². The summed E-state index contributed by atoms with van der Waals surface area (Å²) in [6, 6.07) is 9.32. The van der Waals surface area contributed by atoms with Crippen LogP contribution in [-0.2, 0) is 0 Å². The van der Waals surface area contributed by atoms with Gasteiger partial charge in [-0.1, -0.05) is 36.4 Å². The number of carbonyl (C=O) groups excluding carboxylic acids is 1. The van der Waals surface area contributed by atoms with Crippen LogP contribution in [0.5, 0.6) is 17.2 Å². The van der Waals surface area contributed by atoms with Crippen molar-refractivity contribution < 1.29 is 19.7 Å². The van der Waals surface area contributed by atoms with Crippen LogP contribution in [-0.4, -0.2) is 23.1 Å². The van der Waals surface area contributed by atoms with Gasteiger partial charge in [0.25, 0.3) is 0 Å². The van der Waals surface area contributed by atoms with Crippen LogP contribution < -0.4 is 4.74 Å². The Morgan fingerprint density at radius 1 is 1.05 bits per heavy atom. The Morgan fingerprint density at radius 2 is 1.59 bits per heavy atom. The van der Waals surface area contributed by atoms with Crippen LogP contribution in [0.1, 0.15) is 27.0 Å². The summed E-state index contributed by atoms with van der Waals surface area (Å²) in [6.07, 6.45) is 2.96. The normalized spacial score (nSPS) is 10.9. The number of aromatic hydroxyl groups is 2. The van der Waals surface area contributed by atoms with Crippen LogP contribution >= 0.6 is 0 Å².